The van der Waals surface area contributed by atoms with Gasteiger partial charge in [0.15, 0.2) is 0 Å². The summed E-state index contributed by atoms with van der Waals surface area (Å²) in [6.07, 6.45) is 3.28. The first-order chi connectivity index (χ1) is 7.27. The molecule has 0 spiro atoms. The number of nitrogens with one attached hydrogen (secondary N) is 2. The summed E-state index contributed by atoms with van der Waals surface area (Å²) < 4.78 is 5.15. The van der Waals surface area contributed by atoms with Gasteiger partial charge in [-0.15, -0.1) is 0 Å². The van der Waals surface area contributed by atoms with Gasteiger partial charge in [-0.25, -0.2) is 5.84 Å². The molecule has 0 fully saturated rings. The Kier molecular flexibility index (Phi) is 4.86. The van der Waals surface area contributed by atoms with Gasteiger partial charge in [0.1, 0.15) is 5.76 Å². The average molecular weight is 211 g/mol. The highest BCUT2D eigenvalue weighted by Gasteiger charge is 2.15. The van der Waals surface area contributed by atoms with Crippen molar-refractivity contribution in [2.24, 2.45) is 5.84 Å². The lowest BCUT2D eigenvalue weighted by Crippen LogP contribution is -2.46. The van der Waals surface area contributed by atoms with Gasteiger partial charge in [0.05, 0.1) is 18.8 Å². The second-order valence-corrected chi connectivity index (χ2v) is 3.31. The third-order valence-electron chi connectivity index (χ3n) is 2.14. The van der Waals surface area contributed by atoms with Crippen molar-refractivity contribution in [3.63, 3.8) is 0 Å². The van der Waals surface area contributed by atoms with Crippen LogP contribution in [0.5, 0.6) is 0 Å². The molecule has 1 rings (SSSR count). The van der Waals surface area contributed by atoms with Crippen molar-refractivity contribution < 1.29 is 9.21 Å². The second-order valence-electron chi connectivity index (χ2n) is 3.31. The fraction of sp³-hybridized carbons (Fsp3) is 0.500. The van der Waals surface area contributed by atoms with Crippen molar-refractivity contribution in [1.82, 2.24) is 10.7 Å². The molecular weight excluding hydrogens is 194 g/mol. The number of furan rings is 1. The van der Waals surface area contributed by atoms with Crippen LogP contribution in [-0.2, 0) is 11.3 Å². The van der Waals surface area contributed by atoms with Crippen LogP contribution in [0.25, 0.3) is 0 Å². The van der Waals surface area contributed by atoms with Crippen molar-refractivity contribution in [2.75, 3.05) is 0 Å². The first kappa shape index (κ1) is 11.7. The first-order valence-electron chi connectivity index (χ1n) is 5.04. The molecule has 0 aliphatic heterocycles. The predicted octanol–water partition coefficient (Wildman–Crippen LogP) is 0.528. The molecule has 1 amide bonds. The Labute approximate surface area is 89.0 Å². The van der Waals surface area contributed by atoms with Crippen molar-refractivity contribution in [3.05, 3.63) is 24.2 Å². The number of carbonyl (C=O) groups excluding carboxylic acids is 1. The normalized spacial score (nSPS) is 12.4. The first-order valence-corrected chi connectivity index (χ1v) is 5.04. The summed E-state index contributed by atoms with van der Waals surface area (Å²) in [4.78, 5) is 11.3. The van der Waals surface area contributed by atoms with Gasteiger partial charge in [-0.3, -0.25) is 15.5 Å². The highest BCUT2D eigenvalue weighted by molar-refractivity contribution is 5.81. The van der Waals surface area contributed by atoms with E-state index in [-0.39, 0.29) is 11.9 Å². The van der Waals surface area contributed by atoms with E-state index in [2.05, 4.69) is 10.7 Å². The lowest BCUT2D eigenvalue weighted by atomic mass is 10.1. The summed E-state index contributed by atoms with van der Waals surface area (Å²) in [7, 11) is 0. The molecule has 4 N–H and O–H groups in total. The van der Waals surface area contributed by atoms with Crippen LogP contribution in [0.4, 0.5) is 0 Å². The van der Waals surface area contributed by atoms with Crippen LogP contribution < -0.4 is 16.6 Å². The van der Waals surface area contributed by atoms with E-state index in [0.29, 0.717) is 6.54 Å². The molecule has 15 heavy (non-hydrogen) atoms. The third-order valence-corrected chi connectivity index (χ3v) is 2.14. The molecule has 1 heterocycles. The number of amides is 1. The molecule has 0 radical (unpaired) electrons. The Morgan fingerprint density at radius 2 is 2.47 bits per heavy atom. The average Bonchev–Trinajstić information content (AvgIpc) is 2.76. The van der Waals surface area contributed by atoms with Gasteiger partial charge < -0.3 is 4.42 Å². The maximum atomic E-state index is 11.3. The molecule has 1 atom stereocenters. The molecule has 0 aliphatic rings. The zero-order valence-electron chi connectivity index (χ0n) is 8.82. The van der Waals surface area contributed by atoms with Crippen LogP contribution in [0.2, 0.25) is 0 Å². The Morgan fingerprint density at radius 3 is 3.00 bits per heavy atom. The van der Waals surface area contributed by atoms with Crippen molar-refractivity contribution >= 4 is 5.91 Å². The highest BCUT2D eigenvalue weighted by Crippen LogP contribution is 2.02. The van der Waals surface area contributed by atoms with E-state index in [0.717, 1.165) is 18.6 Å². The maximum Gasteiger partial charge on any atom is 0.251 e. The molecule has 1 aromatic rings. The van der Waals surface area contributed by atoms with Gasteiger partial charge >= 0.3 is 0 Å². The van der Waals surface area contributed by atoms with Crippen LogP contribution in [0, 0.1) is 0 Å². The van der Waals surface area contributed by atoms with E-state index < -0.39 is 0 Å². The number of nitrogens with two attached hydrogens (primary N) is 1. The molecule has 0 bridgehead atoms. The lowest BCUT2D eigenvalue weighted by molar-refractivity contribution is -0.123. The van der Waals surface area contributed by atoms with Gasteiger partial charge in [-0.05, 0) is 18.6 Å². The Bertz CT molecular complexity index is 285. The monoisotopic (exact) mass is 211 g/mol. The van der Waals surface area contributed by atoms with Crippen molar-refractivity contribution in [2.45, 2.75) is 32.4 Å². The number of carbonyl (C=O) groups is 1. The van der Waals surface area contributed by atoms with Gasteiger partial charge in [-0.1, -0.05) is 13.3 Å². The molecule has 0 saturated heterocycles. The third kappa shape index (κ3) is 3.73. The van der Waals surface area contributed by atoms with E-state index in [1.165, 1.54) is 0 Å². The molecule has 5 heteroatoms. The van der Waals surface area contributed by atoms with Crippen LogP contribution in [-0.4, -0.2) is 11.9 Å². The largest absolute Gasteiger partial charge is 0.468 e. The fourth-order valence-electron chi connectivity index (χ4n) is 1.35. The van der Waals surface area contributed by atoms with Crippen molar-refractivity contribution in [3.8, 4) is 0 Å². The van der Waals surface area contributed by atoms with Crippen LogP contribution >= 0.6 is 0 Å². The fourth-order valence-corrected chi connectivity index (χ4v) is 1.35. The van der Waals surface area contributed by atoms with Crippen molar-refractivity contribution in [1.29, 1.82) is 0 Å². The van der Waals surface area contributed by atoms with Gasteiger partial charge in [-0.2, -0.15) is 0 Å². The molecular formula is C10H17N3O2. The quantitative estimate of drug-likeness (QED) is 0.364. The predicted molar refractivity (Wildman–Crippen MR) is 56.6 cm³/mol. The maximum absolute atomic E-state index is 11.3. The number of rotatable bonds is 6. The molecule has 0 saturated carbocycles. The van der Waals surface area contributed by atoms with Crippen LogP contribution in [0.15, 0.2) is 22.8 Å². The van der Waals surface area contributed by atoms with Gasteiger partial charge in [0.2, 0.25) is 0 Å². The molecule has 84 valence electrons. The highest BCUT2D eigenvalue weighted by atomic mass is 16.3. The summed E-state index contributed by atoms with van der Waals surface area (Å²) in [6.45, 7) is 2.55. The second kappa shape index (κ2) is 6.21. The van der Waals surface area contributed by atoms with Crippen LogP contribution in [0.3, 0.4) is 0 Å². The lowest BCUT2D eigenvalue weighted by Gasteiger charge is -2.15. The Balaban J connectivity index is 2.41. The number of hydrogen-bond acceptors (Lipinski definition) is 4. The molecule has 1 aromatic heterocycles. The Hall–Kier alpha value is -1.33. The zero-order chi connectivity index (χ0) is 11.1. The van der Waals surface area contributed by atoms with E-state index in [1.807, 2.05) is 19.1 Å². The van der Waals surface area contributed by atoms with E-state index in [4.69, 9.17) is 10.3 Å². The SMILES string of the molecule is CCC[C@@H](NCc1ccco1)C(=O)NN. The minimum atomic E-state index is -0.259. The van der Waals surface area contributed by atoms with E-state index >= 15 is 0 Å². The summed E-state index contributed by atoms with van der Waals surface area (Å²) in [5.41, 5.74) is 2.15. The Morgan fingerprint density at radius 1 is 1.67 bits per heavy atom. The molecule has 0 aromatic carbocycles. The molecule has 0 unspecified atom stereocenters. The van der Waals surface area contributed by atoms with Gasteiger partial charge in [0, 0.05) is 0 Å². The smallest absolute Gasteiger partial charge is 0.251 e. The number of hydrogen-bond donors (Lipinski definition) is 3. The van der Waals surface area contributed by atoms with E-state index in [1.54, 1.807) is 6.26 Å². The zero-order valence-corrected chi connectivity index (χ0v) is 8.82. The summed E-state index contributed by atoms with van der Waals surface area (Å²) in [6, 6.07) is 3.41. The topological polar surface area (TPSA) is 80.3 Å². The summed E-state index contributed by atoms with van der Waals surface area (Å²) in [5, 5.41) is 3.09. The minimum absolute atomic E-state index is 0.191. The molecule has 5 nitrogen and oxygen atoms in total. The molecule has 0 aliphatic carbocycles. The van der Waals surface area contributed by atoms with Gasteiger partial charge in [0.25, 0.3) is 5.91 Å². The minimum Gasteiger partial charge on any atom is -0.468 e. The summed E-state index contributed by atoms with van der Waals surface area (Å²) >= 11 is 0. The standard InChI is InChI=1S/C10H17N3O2/c1-2-4-9(10(14)13-11)12-7-8-5-3-6-15-8/h3,5-6,9,12H,2,4,7,11H2,1H3,(H,13,14)/t9-/m1/s1. The van der Waals surface area contributed by atoms with E-state index in [9.17, 15) is 4.79 Å². The van der Waals surface area contributed by atoms with Crippen LogP contribution in [0.1, 0.15) is 25.5 Å². The summed E-state index contributed by atoms with van der Waals surface area (Å²) in [5.74, 6) is 5.70. The number of hydrazine groups is 1.